The van der Waals surface area contributed by atoms with Gasteiger partial charge in [-0.25, -0.2) is 4.79 Å². The molecule has 0 aliphatic heterocycles. The third kappa shape index (κ3) is 3.12. The Hall–Kier alpha value is -0.870. The fourth-order valence-corrected chi connectivity index (χ4v) is 3.49. The summed E-state index contributed by atoms with van der Waals surface area (Å²) in [6, 6.07) is 4.18. The third-order valence-electron chi connectivity index (χ3n) is 4.12. The molecule has 0 bridgehead atoms. The average molecular weight is 267 g/mol. The molecular formula is C14H21NO2S. The molecule has 2 rings (SSSR count). The summed E-state index contributed by atoms with van der Waals surface area (Å²) in [7, 11) is 0. The summed E-state index contributed by atoms with van der Waals surface area (Å²) in [5.41, 5.74) is 0. The van der Waals surface area contributed by atoms with E-state index in [1.165, 1.54) is 30.6 Å². The largest absolute Gasteiger partial charge is 0.477 e. The summed E-state index contributed by atoms with van der Waals surface area (Å²) in [6.07, 6.45) is 3.87. The molecule has 0 amide bonds. The zero-order valence-corrected chi connectivity index (χ0v) is 11.8. The quantitative estimate of drug-likeness (QED) is 0.879. The van der Waals surface area contributed by atoms with Crippen LogP contribution >= 0.6 is 11.3 Å². The lowest BCUT2D eigenvalue weighted by atomic mass is 9.78. The Morgan fingerprint density at radius 3 is 2.89 bits per heavy atom. The lowest BCUT2D eigenvalue weighted by Crippen LogP contribution is -2.40. The van der Waals surface area contributed by atoms with Crippen LogP contribution in [0.4, 0.5) is 0 Å². The van der Waals surface area contributed by atoms with Gasteiger partial charge in [-0.1, -0.05) is 26.7 Å². The number of carbonyl (C=O) groups is 1. The first-order valence-corrected chi connectivity index (χ1v) is 7.45. The first kappa shape index (κ1) is 13.6. The normalized spacial score (nSPS) is 28.2. The molecule has 3 nitrogen and oxygen atoms in total. The van der Waals surface area contributed by atoms with E-state index in [-0.39, 0.29) is 0 Å². The summed E-state index contributed by atoms with van der Waals surface area (Å²) in [6.45, 7) is 5.43. The molecule has 3 atom stereocenters. The van der Waals surface area contributed by atoms with E-state index in [2.05, 4.69) is 19.2 Å². The highest BCUT2D eigenvalue weighted by Crippen LogP contribution is 2.29. The number of rotatable bonds is 4. The molecular weight excluding hydrogens is 246 g/mol. The van der Waals surface area contributed by atoms with Gasteiger partial charge in [0.05, 0.1) is 0 Å². The summed E-state index contributed by atoms with van der Waals surface area (Å²) < 4.78 is 0. The number of nitrogens with one attached hydrogen (secondary N) is 1. The molecule has 18 heavy (non-hydrogen) atoms. The van der Waals surface area contributed by atoms with Crippen LogP contribution in [0.5, 0.6) is 0 Å². The number of carboxylic acid groups (broad SMARTS) is 1. The first-order valence-electron chi connectivity index (χ1n) is 6.63. The van der Waals surface area contributed by atoms with Crippen LogP contribution in [-0.2, 0) is 6.54 Å². The van der Waals surface area contributed by atoms with Gasteiger partial charge < -0.3 is 10.4 Å². The van der Waals surface area contributed by atoms with Gasteiger partial charge in [-0.3, -0.25) is 0 Å². The van der Waals surface area contributed by atoms with Crippen LogP contribution in [-0.4, -0.2) is 17.1 Å². The van der Waals surface area contributed by atoms with Crippen molar-refractivity contribution in [2.24, 2.45) is 11.8 Å². The predicted octanol–water partition coefficient (Wildman–Crippen LogP) is 3.36. The van der Waals surface area contributed by atoms with Gasteiger partial charge in [0, 0.05) is 17.5 Å². The van der Waals surface area contributed by atoms with Crippen molar-refractivity contribution in [2.75, 3.05) is 0 Å². The summed E-state index contributed by atoms with van der Waals surface area (Å²) in [5.74, 6) is 0.665. The number of aromatic carboxylic acids is 1. The average Bonchev–Trinajstić information content (AvgIpc) is 2.80. The molecule has 1 aliphatic carbocycles. The van der Waals surface area contributed by atoms with Crippen LogP contribution in [0.25, 0.3) is 0 Å². The van der Waals surface area contributed by atoms with E-state index in [0.717, 1.165) is 17.3 Å². The van der Waals surface area contributed by atoms with Gasteiger partial charge >= 0.3 is 5.97 Å². The van der Waals surface area contributed by atoms with Crippen molar-refractivity contribution >= 4 is 17.3 Å². The Balaban J connectivity index is 1.88. The minimum atomic E-state index is -0.828. The third-order valence-corrected chi connectivity index (χ3v) is 5.19. The van der Waals surface area contributed by atoms with Crippen LogP contribution in [0.3, 0.4) is 0 Å². The lowest BCUT2D eigenvalue weighted by molar-refractivity contribution is 0.0702. The number of thiophene rings is 1. The fraction of sp³-hybridized carbons (Fsp3) is 0.643. The van der Waals surface area contributed by atoms with Gasteiger partial charge in [0.2, 0.25) is 0 Å². The summed E-state index contributed by atoms with van der Waals surface area (Å²) >= 11 is 1.37. The van der Waals surface area contributed by atoms with Gasteiger partial charge in [0.15, 0.2) is 0 Å². The standard InChI is InChI=1S/C14H21NO2S/c1-9-4-3-5-12(10(9)2)15-8-11-6-7-13(18-11)14(16)17/h6-7,9-10,12,15H,3-5,8H2,1-2H3,(H,16,17). The van der Waals surface area contributed by atoms with Crippen molar-refractivity contribution in [3.05, 3.63) is 21.9 Å². The van der Waals surface area contributed by atoms with E-state index in [9.17, 15) is 4.79 Å². The van der Waals surface area contributed by atoms with Crippen molar-refractivity contribution in [1.29, 1.82) is 0 Å². The highest BCUT2D eigenvalue weighted by Gasteiger charge is 2.26. The minimum absolute atomic E-state index is 0.428. The second kappa shape index (κ2) is 5.85. The van der Waals surface area contributed by atoms with Crippen LogP contribution in [0.2, 0.25) is 0 Å². The van der Waals surface area contributed by atoms with Gasteiger partial charge in [-0.05, 0) is 30.4 Å². The molecule has 0 saturated heterocycles. The van der Waals surface area contributed by atoms with Gasteiger partial charge in [0.1, 0.15) is 4.88 Å². The molecule has 1 aromatic rings. The second-order valence-corrected chi connectivity index (χ2v) is 6.49. The maximum atomic E-state index is 10.8. The maximum Gasteiger partial charge on any atom is 0.345 e. The van der Waals surface area contributed by atoms with E-state index in [1.807, 2.05) is 6.07 Å². The van der Waals surface area contributed by atoms with Crippen molar-refractivity contribution < 1.29 is 9.90 Å². The Morgan fingerprint density at radius 2 is 2.22 bits per heavy atom. The molecule has 3 unspecified atom stereocenters. The van der Waals surface area contributed by atoms with Crippen molar-refractivity contribution in [3.8, 4) is 0 Å². The van der Waals surface area contributed by atoms with Crippen LogP contribution in [0, 0.1) is 11.8 Å². The molecule has 1 aliphatic rings. The molecule has 0 radical (unpaired) electrons. The van der Waals surface area contributed by atoms with Crippen molar-refractivity contribution in [1.82, 2.24) is 5.32 Å². The molecule has 1 aromatic heterocycles. The van der Waals surface area contributed by atoms with E-state index in [1.54, 1.807) is 6.07 Å². The monoisotopic (exact) mass is 267 g/mol. The van der Waals surface area contributed by atoms with Gasteiger partial charge in [-0.15, -0.1) is 11.3 Å². The molecule has 1 fully saturated rings. The van der Waals surface area contributed by atoms with E-state index >= 15 is 0 Å². The number of carboxylic acids is 1. The highest BCUT2D eigenvalue weighted by atomic mass is 32.1. The molecule has 4 heteroatoms. The highest BCUT2D eigenvalue weighted by molar-refractivity contribution is 7.13. The Morgan fingerprint density at radius 1 is 1.44 bits per heavy atom. The minimum Gasteiger partial charge on any atom is -0.477 e. The molecule has 1 saturated carbocycles. The Bertz CT molecular complexity index is 416. The zero-order valence-electron chi connectivity index (χ0n) is 11.0. The smallest absolute Gasteiger partial charge is 0.345 e. The molecule has 0 spiro atoms. The molecule has 100 valence electrons. The SMILES string of the molecule is CC1CCCC(NCc2ccc(C(=O)O)s2)C1C. The van der Waals surface area contributed by atoms with Crippen LogP contribution < -0.4 is 5.32 Å². The number of hydrogen-bond donors (Lipinski definition) is 2. The molecule has 0 aromatic carbocycles. The van der Waals surface area contributed by atoms with Crippen molar-refractivity contribution in [3.63, 3.8) is 0 Å². The Kier molecular flexibility index (Phi) is 4.40. The topological polar surface area (TPSA) is 49.3 Å². The van der Waals surface area contributed by atoms with E-state index in [4.69, 9.17) is 5.11 Å². The second-order valence-electron chi connectivity index (χ2n) is 5.33. The predicted molar refractivity (Wildman–Crippen MR) is 74.1 cm³/mol. The van der Waals surface area contributed by atoms with Gasteiger partial charge in [-0.2, -0.15) is 0 Å². The summed E-state index contributed by atoms with van der Waals surface area (Å²) in [4.78, 5) is 12.3. The van der Waals surface area contributed by atoms with E-state index < -0.39 is 5.97 Å². The van der Waals surface area contributed by atoms with Crippen molar-refractivity contribution in [2.45, 2.75) is 45.7 Å². The van der Waals surface area contributed by atoms with Crippen LogP contribution in [0.1, 0.15) is 47.7 Å². The number of hydrogen-bond acceptors (Lipinski definition) is 3. The molecule has 2 N–H and O–H groups in total. The summed E-state index contributed by atoms with van der Waals surface area (Å²) in [5, 5.41) is 12.5. The van der Waals surface area contributed by atoms with E-state index in [0.29, 0.717) is 16.8 Å². The zero-order chi connectivity index (χ0) is 13.1. The maximum absolute atomic E-state index is 10.8. The van der Waals surface area contributed by atoms with Crippen LogP contribution in [0.15, 0.2) is 12.1 Å². The van der Waals surface area contributed by atoms with Gasteiger partial charge in [0.25, 0.3) is 0 Å². The first-order chi connectivity index (χ1) is 8.58. The lowest BCUT2D eigenvalue weighted by Gasteiger charge is -2.34. The fourth-order valence-electron chi connectivity index (χ4n) is 2.69. The molecule has 1 heterocycles. The Labute approximate surface area is 112 Å².